The number of amides is 1. The molecule has 0 radical (unpaired) electrons. The van der Waals surface area contributed by atoms with E-state index in [1.807, 2.05) is 0 Å². The maximum Gasteiger partial charge on any atom is 0.230 e. The van der Waals surface area contributed by atoms with E-state index in [-0.39, 0.29) is 11.7 Å². The fourth-order valence-corrected chi connectivity index (χ4v) is 3.13. The molecule has 0 aliphatic heterocycles. The first-order valence-electron chi connectivity index (χ1n) is 5.90. The summed E-state index contributed by atoms with van der Waals surface area (Å²) in [5.41, 5.74) is 6.96. The summed E-state index contributed by atoms with van der Waals surface area (Å²) in [5.74, 6) is -0.00990. The van der Waals surface area contributed by atoms with Crippen molar-refractivity contribution in [3.8, 4) is 0 Å². The van der Waals surface area contributed by atoms with Crippen LogP contribution in [0.25, 0.3) is 0 Å². The van der Waals surface area contributed by atoms with Gasteiger partial charge in [-0.2, -0.15) is 0 Å². The molecule has 0 saturated heterocycles. The number of carbonyl (C=O) groups excluding carboxylic acids is 1. The fourth-order valence-electron chi connectivity index (χ4n) is 1.54. The van der Waals surface area contributed by atoms with Gasteiger partial charge in [0.05, 0.1) is 16.2 Å². The molecule has 1 heterocycles. The van der Waals surface area contributed by atoms with Gasteiger partial charge >= 0.3 is 0 Å². The smallest absolute Gasteiger partial charge is 0.230 e. The van der Waals surface area contributed by atoms with Gasteiger partial charge in [0, 0.05) is 6.54 Å². The molecule has 0 saturated carbocycles. The number of anilines is 1. The van der Waals surface area contributed by atoms with Crippen LogP contribution >= 0.6 is 23.1 Å². The molecule has 1 aromatic carbocycles. The van der Waals surface area contributed by atoms with Gasteiger partial charge in [-0.05, 0) is 24.1 Å². The Morgan fingerprint density at radius 1 is 1.55 bits per heavy atom. The van der Waals surface area contributed by atoms with Gasteiger partial charge in [-0.15, -0.1) is 11.8 Å². The number of nitrogens with two attached hydrogens (primary N) is 1. The van der Waals surface area contributed by atoms with Crippen LogP contribution in [-0.4, -0.2) is 16.6 Å². The molecule has 106 valence electrons. The third-order valence-corrected chi connectivity index (χ3v) is 4.58. The number of carbonyl (C=O) groups is 1. The van der Waals surface area contributed by atoms with Crippen LogP contribution in [0, 0.1) is 12.7 Å². The summed E-state index contributed by atoms with van der Waals surface area (Å²) in [4.78, 5) is 15.6. The Morgan fingerprint density at radius 2 is 2.35 bits per heavy atom. The summed E-state index contributed by atoms with van der Waals surface area (Å²) in [6.07, 6.45) is 1.65. The van der Waals surface area contributed by atoms with Crippen molar-refractivity contribution < 1.29 is 9.18 Å². The number of thiazole rings is 1. The second-order valence-corrected chi connectivity index (χ2v) is 6.50. The van der Waals surface area contributed by atoms with Gasteiger partial charge in [0.1, 0.15) is 5.82 Å². The van der Waals surface area contributed by atoms with Crippen LogP contribution in [0.1, 0.15) is 11.1 Å². The van der Waals surface area contributed by atoms with Gasteiger partial charge in [-0.1, -0.05) is 23.5 Å². The average Bonchev–Trinajstić information content (AvgIpc) is 2.83. The van der Waals surface area contributed by atoms with Gasteiger partial charge in [0.2, 0.25) is 5.91 Å². The predicted molar refractivity (Wildman–Crippen MR) is 80.2 cm³/mol. The molecule has 2 rings (SSSR count). The van der Waals surface area contributed by atoms with Gasteiger partial charge in [-0.25, -0.2) is 9.37 Å². The standard InChI is InChI=1S/C13H14FN3OS2/c1-8-4-9(2-3-10(8)14)5-16-11(18)7-19-12-6-17-13(15)20-12/h2-4,6H,5,7H2,1H3,(H2,15,17)(H,16,18). The molecule has 4 nitrogen and oxygen atoms in total. The number of halogens is 1. The third-order valence-electron chi connectivity index (χ3n) is 2.56. The molecule has 0 aliphatic carbocycles. The van der Waals surface area contributed by atoms with Gasteiger partial charge in [0.25, 0.3) is 0 Å². The van der Waals surface area contributed by atoms with Crippen LogP contribution < -0.4 is 11.1 Å². The lowest BCUT2D eigenvalue weighted by atomic mass is 10.1. The second kappa shape index (κ2) is 6.71. The van der Waals surface area contributed by atoms with Crippen LogP contribution in [-0.2, 0) is 11.3 Å². The third kappa shape index (κ3) is 4.21. The van der Waals surface area contributed by atoms with Crippen molar-refractivity contribution in [1.82, 2.24) is 10.3 Å². The van der Waals surface area contributed by atoms with Gasteiger partial charge < -0.3 is 11.1 Å². The quantitative estimate of drug-likeness (QED) is 0.833. The number of hydrogen-bond acceptors (Lipinski definition) is 5. The number of hydrogen-bond donors (Lipinski definition) is 2. The molecule has 7 heteroatoms. The van der Waals surface area contributed by atoms with Crippen molar-refractivity contribution in [3.63, 3.8) is 0 Å². The van der Waals surface area contributed by atoms with E-state index < -0.39 is 0 Å². The topological polar surface area (TPSA) is 68.0 Å². The normalized spacial score (nSPS) is 10.5. The van der Waals surface area contributed by atoms with Crippen molar-refractivity contribution in [1.29, 1.82) is 0 Å². The molecule has 3 N–H and O–H groups in total. The van der Waals surface area contributed by atoms with E-state index in [9.17, 15) is 9.18 Å². The van der Waals surface area contributed by atoms with E-state index >= 15 is 0 Å². The first kappa shape index (κ1) is 14.8. The highest BCUT2D eigenvalue weighted by atomic mass is 32.2. The molecular weight excluding hydrogens is 297 g/mol. The molecule has 0 fully saturated rings. The van der Waals surface area contributed by atoms with Crippen molar-refractivity contribution in [2.75, 3.05) is 11.5 Å². The van der Waals surface area contributed by atoms with Gasteiger partial charge in [0.15, 0.2) is 5.13 Å². The first-order chi connectivity index (χ1) is 9.54. The van der Waals surface area contributed by atoms with Crippen LogP contribution in [0.15, 0.2) is 28.6 Å². The monoisotopic (exact) mass is 311 g/mol. The number of thioether (sulfide) groups is 1. The Kier molecular flexibility index (Phi) is 4.97. The maximum atomic E-state index is 13.1. The van der Waals surface area contributed by atoms with E-state index in [2.05, 4.69) is 10.3 Å². The molecule has 0 bridgehead atoms. The van der Waals surface area contributed by atoms with Crippen LogP contribution in [0.2, 0.25) is 0 Å². The minimum atomic E-state index is -0.238. The highest BCUT2D eigenvalue weighted by Gasteiger charge is 2.06. The van der Waals surface area contributed by atoms with Crippen molar-refractivity contribution in [3.05, 3.63) is 41.3 Å². The Hall–Kier alpha value is -1.60. The minimum Gasteiger partial charge on any atom is -0.375 e. The highest BCUT2D eigenvalue weighted by Crippen LogP contribution is 2.25. The van der Waals surface area contributed by atoms with Crippen molar-refractivity contribution in [2.45, 2.75) is 17.7 Å². The van der Waals surface area contributed by atoms with Crippen LogP contribution in [0.4, 0.5) is 9.52 Å². The zero-order chi connectivity index (χ0) is 14.5. The molecule has 0 unspecified atom stereocenters. The molecule has 20 heavy (non-hydrogen) atoms. The SMILES string of the molecule is Cc1cc(CNC(=O)CSc2cnc(N)s2)ccc1F. The summed E-state index contributed by atoms with van der Waals surface area (Å²) in [5, 5.41) is 3.29. The van der Waals surface area contributed by atoms with Crippen molar-refractivity contribution >= 4 is 34.1 Å². The molecule has 0 aliphatic rings. The zero-order valence-corrected chi connectivity index (χ0v) is 12.5. The number of rotatable bonds is 5. The van der Waals surface area contributed by atoms with Crippen LogP contribution in [0.5, 0.6) is 0 Å². The minimum absolute atomic E-state index is 0.0797. The lowest BCUT2D eigenvalue weighted by Crippen LogP contribution is -2.24. The van der Waals surface area contributed by atoms with E-state index in [1.54, 1.807) is 25.3 Å². The number of benzene rings is 1. The van der Waals surface area contributed by atoms with E-state index in [4.69, 9.17) is 5.73 Å². The molecule has 2 aromatic rings. The number of nitrogens with zero attached hydrogens (tertiary/aromatic N) is 1. The predicted octanol–water partition coefficient (Wildman–Crippen LogP) is 2.58. The lowest BCUT2D eigenvalue weighted by molar-refractivity contribution is -0.118. The maximum absolute atomic E-state index is 13.1. The second-order valence-electron chi connectivity index (χ2n) is 4.17. The van der Waals surface area contributed by atoms with Gasteiger partial charge in [-0.3, -0.25) is 4.79 Å². The Bertz CT molecular complexity index is 615. The van der Waals surface area contributed by atoms with E-state index in [1.165, 1.54) is 29.2 Å². The van der Waals surface area contributed by atoms with Crippen LogP contribution in [0.3, 0.4) is 0 Å². The highest BCUT2D eigenvalue weighted by molar-refractivity contribution is 8.01. The first-order valence-corrected chi connectivity index (χ1v) is 7.70. The Balaban J connectivity index is 1.78. The number of aryl methyl sites for hydroxylation is 1. The molecule has 1 aromatic heterocycles. The van der Waals surface area contributed by atoms with Crippen molar-refractivity contribution in [2.24, 2.45) is 0 Å². The summed E-state index contributed by atoms with van der Waals surface area (Å²) >= 11 is 2.75. The largest absolute Gasteiger partial charge is 0.375 e. The van der Waals surface area contributed by atoms with E-state index in [0.29, 0.717) is 23.0 Å². The zero-order valence-electron chi connectivity index (χ0n) is 10.9. The lowest BCUT2D eigenvalue weighted by Gasteiger charge is -2.06. The molecule has 1 amide bonds. The average molecular weight is 311 g/mol. The number of aromatic nitrogens is 1. The number of nitrogens with one attached hydrogen (secondary N) is 1. The Labute approximate surface area is 124 Å². The number of nitrogen functional groups attached to an aromatic ring is 1. The summed E-state index contributed by atoms with van der Waals surface area (Å²) in [7, 11) is 0. The Morgan fingerprint density at radius 3 is 3.00 bits per heavy atom. The molecule has 0 spiro atoms. The molecular formula is C13H14FN3OS2. The summed E-state index contributed by atoms with van der Waals surface area (Å²) < 4.78 is 14.0. The molecule has 0 atom stereocenters. The summed E-state index contributed by atoms with van der Waals surface area (Å²) in [6, 6.07) is 4.80. The van der Waals surface area contributed by atoms with E-state index in [0.717, 1.165) is 9.77 Å². The summed E-state index contributed by atoms with van der Waals surface area (Å²) in [6.45, 7) is 2.09. The fraction of sp³-hybridized carbons (Fsp3) is 0.231.